The van der Waals surface area contributed by atoms with Gasteiger partial charge in [0.15, 0.2) is 0 Å². The van der Waals surface area contributed by atoms with Crippen LogP contribution in [0, 0.1) is 0 Å². The fourth-order valence-corrected chi connectivity index (χ4v) is 2.49. The second-order valence-corrected chi connectivity index (χ2v) is 4.03. The number of nitrogens with two attached hydrogens (primary N) is 1. The molecule has 0 aromatic carbocycles. The second-order valence-electron chi connectivity index (χ2n) is 2.23. The Morgan fingerprint density at radius 2 is 2.45 bits per heavy atom. The summed E-state index contributed by atoms with van der Waals surface area (Å²) in [5.41, 5.74) is 5.31. The van der Waals surface area contributed by atoms with Crippen molar-refractivity contribution in [1.29, 1.82) is 0 Å². The summed E-state index contributed by atoms with van der Waals surface area (Å²) in [4.78, 5) is 0.968. The van der Waals surface area contributed by atoms with Crippen LogP contribution in [0.3, 0.4) is 0 Å². The van der Waals surface area contributed by atoms with E-state index in [1.807, 2.05) is 11.4 Å². The molecule has 0 saturated carbocycles. The van der Waals surface area contributed by atoms with Gasteiger partial charge in [-0.3, -0.25) is 0 Å². The summed E-state index contributed by atoms with van der Waals surface area (Å²) in [7, 11) is 0. The third-order valence-electron chi connectivity index (χ3n) is 1.39. The minimum Gasteiger partial charge on any atom is -0.387 e. The summed E-state index contributed by atoms with van der Waals surface area (Å²) < 4.78 is 0.975. The highest BCUT2D eigenvalue weighted by Crippen LogP contribution is 2.30. The van der Waals surface area contributed by atoms with Gasteiger partial charge in [-0.15, -0.1) is 11.3 Å². The lowest BCUT2D eigenvalue weighted by atomic mass is 10.2. The van der Waals surface area contributed by atoms with Crippen LogP contribution < -0.4 is 5.73 Å². The zero-order chi connectivity index (χ0) is 8.27. The largest absolute Gasteiger partial charge is 0.387 e. The standard InChI is InChI=1S/C7H10BrNOS/c8-5-2-4-11-7(5)6(10)1-3-9/h2,4,6,10H,1,3,9H2. The minimum atomic E-state index is -0.408. The van der Waals surface area contributed by atoms with Gasteiger partial charge in [0.1, 0.15) is 0 Å². The molecule has 0 aliphatic rings. The maximum atomic E-state index is 9.49. The van der Waals surface area contributed by atoms with Crippen LogP contribution in [-0.2, 0) is 0 Å². The minimum absolute atomic E-state index is 0.408. The number of hydrogen-bond donors (Lipinski definition) is 2. The zero-order valence-corrected chi connectivity index (χ0v) is 8.36. The molecule has 0 fully saturated rings. The molecule has 62 valence electrons. The summed E-state index contributed by atoms with van der Waals surface area (Å²) in [6.45, 7) is 0.519. The monoisotopic (exact) mass is 235 g/mol. The van der Waals surface area contributed by atoms with Gasteiger partial charge in [0.25, 0.3) is 0 Å². The number of rotatable bonds is 3. The van der Waals surface area contributed by atoms with Crippen molar-refractivity contribution >= 4 is 27.3 Å². The summed E-state index contributed by atoms with van der Waals surface area (Å²) in [5, 5.41) is 11.4. The Balaban J connectivity index is 2.67. The maximum Gasteiger partial charge on any atom is 0.0905 e. The van der Waals surface area contributed by atoms with Crippen molar-refractivity contribution in [2.24, 2.45) is 5.73 Å². The van der Waals surface area contributed by atoms with Crippen LogP contribution in [0.1, 0.15) is 17.4 Å². The summed E-state index contributed by atoms with van der Waals surface area (Å²) >= 11 is 4.89. The quantitative estimate of drug-likeness (QED) is 0.841. The van der Waals surface area contributed by atoms with E-state index in [1.54, 1.807) is 11.3 Å². The Morgan fingerprint density at radius 3 is 2.91 bits per heavy atom. The van der Waals surface area contributed by atoms with E-state index >= 15 is 0 Å². The van der Waals surface area contributed by atoms with Gasteiger partial charge in [-0.25, -0.2) is 0 Å². The first kappa shape index (κ1) is 9.19. The van der Waals surface area contributed by atoms with Crippen LogP contribution in [0.25, 0.3) is 0 Å². The molecule has 0 aliphatic heterocycles. The Bertz CT molecular complexity index is 226. The lowest BCUT2D eigenvalue weighted by molar-refractivity contribution is 0.173. The molecule has 0 bridgehead atoms. The average molecular weight is 236 g/mol. The van der Waals surface area contributed by atoms with E-state index in [9.17, 15) is 5.11 Å². The van der Waals surface area contributed by atoms with Gasteiger partial charge in [-0.05, 0) is 40.3 Å². The van der Waals surface area contributed by atoms with E-state index in [-0.39, 0.29) is 0 Å². The topological polar surface area (TPSA) is 46.2 Å². The van der Waals surface area contributed by atoms with E-state index in [2.05, 4.69) is 15.9 Å². The molecule has 0 saturated heterocycles. The third-order valence-corrected chi connectivity index (χ3v) is 3.36. The predicted octanol–water partition coefficient (Wildman–Crippen LogP) is 1.89. The maximum absolute atomic E-state index is 9.49. The van der Waals surface area contributed by atoms with Crippen molar-refractivity contribution < 1.29 is 5.11 Å². The number of thiophene rings is 1. The SMILES string of the molecule is NCCC(O)c1sccc1Br. The van der Waals surface area contributed by atoms with Gasteiger partial charge in [-0.1, -0.05) is 0 Å². The molecule has 0 radical (unpaired) electrons. The fourth-order valence-electron chi connectivity index (χ4n) is 0.832. The molecule has 2 nitrogen and oxygen atoms in total. The second kappa shape index (κ2) is 4.21. The lowest BCUT2D eigenvalue weighted by Crippen LogP contribution is -2.05. The Morgan fingerprint density at radius 1 is 1.73 bits per heavy atom. The van der Waals surface area contributed by atoms with Crippen molar-refractivity contribution in [3.63, 3.8) is 0 Å². The molecule has 4 heteroatoms. The molecule has 1 aromatic heterocycles. The zero-order valence-electron chi connectivity index (χ0n) is 5.96. The van der Waals surface area contributed by atoms with Crippen molar-refractivity contribution in [1.82, 2.24) is 0 Å². The molecule has 0 spiro atoms. The summed E-state index contributed by atoms with van der Waals surface area (Å²) in [6, 6.07) is 1.93. The molecule has 3 N–H and O–H groups in total. The van der Waals surface area contributed by atoms with Crippen LogP contribution in [0.15, 0.2) is 15.9 Å². The van der Waals surface area contributed by atoms with E-state index < -0.39 is 6.10 Å². The van der Waals surface area contributed by atoms with Crippen LogP contribution in [-0.4, -0.2) is 11.7 Å². The van der Waals surface area contributed by atoms with Crippen LogP contribution >= 0.6 is 27.3 Å². The molecule has 1 atom stereocenters. The lowest BCUT2D eigenvalue weighted by Gasteiger charge is -2.06. The predicted molar refractivity (Wildman–Crippen MR) is 50.7 cm³/mol. The molecule has 0 amide bonds. The Hall–Kier alpha value is 0.100. The molecule has 1 rings (SSSR count). The molecule has 1 heterocycles. The molecule has 1 unspecified atom stereocenters. The van der Waals surface area contributed by atoms with Crippen molar-refractivity contribution in [3.05, 3.63) is 20.8 Å². The molecule has 11 heavy (non-hydrogen) atoms. The van der Waals surface area contributed by atoms with Gasteiger partial charge in [-0.2, -0.15) is 0 Å². The molecular formula is C7H10BrNOS. The van der Waals surface area contributed by atoms with E-state index in [0.717, 1.165) is 9.35 Å². The van der Waals surface area contributed by atoms with Crippen LogP contribution in [0.2, 0.25) is 0 Å². The smallest absolute Gasteiger partial charge is 0.0905 e. The number of aliphatic hydroxyl groups is 1. The average Bonchev–Trinajstić information content (AvgIpc) is 2.36. The first-order chi connectivity index (χ1) is 5.25. The van der Waals surface area contributed by atoms with Gasteiger partial charge in [0, 0.05) is 9.35 Å². The highest BCUT2D eigenvalue weighted by atomic mass is 79.9. The van der Waals surface area contributed by atoms with Gasteiger partial charge in [0.05, 0.1) is 6.10 Å². The third kappa shape index (κ3) is 2.27. The van der Waals surface area contributed by atoms with E-state index in [1.165, 1.54) is 0 Å². The van der Waals surface area contributed by atoms with Gasteiger partial charge < -0.3 is 10.8 Å². The molecule has 0 aliphatic carbocycles. The molecule has 1 aromatic rings. The van der Waals surface area contributed by atoms with Gasteiger partial charge >= 0.3 is 0 Å². The summed E-state index contributed by atoms with van der Waals surface area (Å²) in [6.07, 6.45) is 0.216. The van der Waals surface area contributed by atoms with Crippen molar-refractivity contribution in [2.75, 3.05) is 6.54 Å². The normalized spacial score (nSPS) is 13.4. The first-order valence-electron chi connectivity index (χ1n) is 3.36. The number of aliphatic hydroxyl groups excluding tert-OH is 1. The van der Waals surface area contributed by atoms with E-state index in [4.69, 9.17) is 5.73 Å². The fraction of sp³-hybridized carbons (Fsp3) is 0.429. The van der Waals surface area contributed by atoms with Crippen molar-refractivity contribution in [3.8, 4) is 0 Å². The highest BCUT2D eigenvalue weighted by Gasteiger charge is 2.10. The highest BCUT2D eigenvalue weighted by molar-refractivity contribution is 9.10. The number of halogens is 1. The first-order valence-corrected chi connectivity index (χ1v) is 5.04. The molecular weight excluding hydrogens is 226 g/mol. The van der Waals surface area contributed by atoms with E-state index in [0.29, 0.717) is 13.0 Å². The van der Waals surface area contributed by atoms with Gasteiger partial charge in [0.2, 0.25) is 0 Å². The number of hydrogen-bond acceptors (Lipinski definition) is 3. The Labute approximate surface area is 78.2 Å². The van der Waals surface area contributed by atoms with Crippen LogP contribution in [0.5, 0.6) is 0 Å². The Kier molecular flexibility index (Phi) is 3.51. The van der Waals surface area contributed by atoms with Crippen LogP contribution in [0.4, 0.5) is 0 Å². The van der Waals surface area contributed by atoms with Crippen molar-refractivity contribution in [2.45, 2.75) is 12.5 Å². The summed E-state index contributed by atoms with van der Waals surface area (Å²) in [5.74, 6) is 0.